The number of hydrogen-bond acceptors (Lipinski definition) is 3. The minimum atomic E-state index is -0.151. The van der Waals surface area contributed by atoms with Gasteiger partial charge < -0.3 is 10.4 Å². The van der Waals surface area contributed by atoms with E-state index in [0.717, 1.165) is 24.2 Å². The second-order valence-corrected chi connectivity index (χ2v) is 13.0. The Labute approximate surface area is 184 Å². The van der Waals surface area contributed by atoms with Crippen LogP contribution in [0.15, 0.2) is 4.99 Å². The maximum atomic E-state index is 11.3. The van der Waals surface area contributed by atoms with Crippen LogP contribution >= 0.6 is 0 Å². The highest BCUT2D eigenvalue weighted by Crippen LogP contribution is 2.88. The van der Waals surface area contributed by atoms with Crippen molar-refractivity contribution in [3.63, 3.8) is 0 Å². The lowest BCUT2D eigenvalue weighted by Gasteiger charge is -2.62. The Bertz CT molecular complexity index is 745. The zero-order valence-corrected chi connectivity index (χ0v) is 20.6. The molecule has 2 N–H and O–H groups in total. The monoisotopic (exact) mass is 414 g/mol. The van der Waals surface area contributed by atoms with E-state index in [9.17, 15) is 5.11 Å². The fraction of sp³-hybridized carbons (Fsp3) is 0.963. The Morgan fingerprint density at radius 3 is 2.43 bits per heavy atom. The van der Waals surface area contributed by atoms with Gasteiger partial charge in [0.1, 0.15) is 0 Å². The van der Waals surface area contributed by atoms with E-state index in [1.165, 1.54) is 50.7 Å². The predicted molar refractivity (Wildman–Crippen MR) is 125 cm³/mol. The third kappa shape index (κ3) is 2.38. The number of nitrogens with one attached hydrogen (secondary N) is 1. The first-order valence-electron chi connectivity index (χ1n) is 12.9. The molecule has 0 aromatic heterocycles. The van der Waals surface area contributed by atoms with Gasteiger partial charge in [-0.2, -0.15) is 0 Å². The first-order valence-corrected chi connectivity index (χ1v) is 12.9. The predicted octanol–water partition coefficient (Wildman–Crippen LogP) is 5.46. The smallest absolute Gasteiger partial charge is 0.0594 e. The highest BCUT2D eigenvalue weighted by molar-refractivity contribution is 5.79. The van der Waals surface area contributed by atoms with Crippen molar-refractivity contribution in [3.8, 4) is 0 Å². The summed E-state index contributed by atoms with van der Waals surface area (Å²) in [6, 6.07) is 0.939. The third-order valence-corrected chi connectivity index (χ3v) is 12.1. The lowest BCUT2D eigenvalue weighted by molar-refractivity contribution is -0.131. The van der Waals surface area contributed by atoms with Crippen molar-refractivity contribution in [2.75, 3.05) is 7.05 Å². The summed E-state index contributed by atoms with van der Waals surface area (Å²) in [5.41, 5.74) is 2.98. The SMILES string of the molecule is CNC(C)C1C(O)CC2(C)C3CCC4C(C)C(N=C(C)C)CCC45CC35CCC12C. The maximum Gasteiger partial charge on any atom is 0.0594 e. The molecule has 2 spiro atoms. The van der Waals surface area contributed by atoms with Gasteiger partial charge in [-0.05, 0) is 119 Å². The molecule has 11 unspecified atom stereocenters. The van der Waals surface area contributed by atoms with Gasteiger partial charge in [0.05, 0.1) is 12.1 Å². The lowest BCUT2D eigenvalue weighted by Crippen LogP contribution is -2.57. The van der Waals surface area contributed by atoms with Crippen LogP contribution < -0.4 is 5.32 Å². The van der Waals surface area contributed by atoms with E-state index in [0.29, 0.717) is 28.8 Å². The molecular formula is C27H46N2O. The third-order valence-electron chi connectivity index (χ3n) is 12.1. The molecular weight excluding hydrogens is 368 g/mol. The molecule has 0 bridgehead atoms. The molecule has 0 amide bonds. The van der Waals surface area contributed by atoms with E-state index in [-0.39, 0.29) is 16.9 Å². The van der Waals surface area contributed by atoms with Crippen LogP contribution in [0.5, 0.6) is 0 Å². The summed E-state index contributed by atoms with van der Waals surface area (Å²) >= 11 is 0. The molecule has 170 valence electrons. The lowest BCUT2D eigenvalue weighted by atomic mass is 9.43. The molecule has 11 atom stereocenters. The Morgan fingerprint density at radius 2 is 1.77 bits per heavy atom. The summed E-state index contributed by atoms with van der Waals surface area (Å²) in [7, 11) is 2.07. The molecule has 5 saturated carbocycles. The molecule has 0 aliphatic heterocycles. The van der Waals surface area contributed by atoms with E-state index in [1.807, 2.05) is 0 Å². The summed E-state index contributed by atoms with van der Waals surface area (Å²) in [6.45, 7) is 14.3. The van der Waals surface area contributed by atoms with Crippen LogP contribution in [0.25, 0.3) is 0 Å². The number of aliphatic hydroxyl groups excluding tert-OH is 1. The van der Waals surface area contributed by atoms with Crippen molar-refractivity contribution in [3.05, 3.63) is 0 Å². The number of aliphatic imine (C=N–C) groups is 1. The van der Waals surface area contributed by atoms with Gasteiger partial charge in [-0.3, -0.25) is 4.99 Å². The van der Waals surface area contributed by atoms with E-state index in [2.05, 4.69) is 53.9 Å². The van der Waals surface area contributed by atoms with Gasteiger partial charge in [-0.1, -0.05) is 20.8 Å². The highest BCUT2D eigenvalue weighted by atomic mass is 16.3. The Morgan fingerprint density at radius 1 is 1.03 bits per heavy atom. The second-order valence-electron chi connectivity index (χ2n) is 13.0. The van der Waals surface area contributed by atoms with Crippen molar-refractivity contribution >= 4 is 5.71 Å². The molecule has 0 aromatic rings. The Balaban J connectivity index is 1.47. The van der Waals surface area contributed by atoms with Gasteiger partial charge in [-0.15, -0.1) is 0 Å². The average Bonchev–Trinajstić information content (AvgIpc) is 3.29. The molecule has 5 aliphatic carbocycles. The average molecular weight is 415 g/mol. The van der Waals surface area contributed by atoms with E-state index >= 15 is 0 Å². The molecule has 0 saturated heterocycles. The van der Waals surface area contributed by atoms with E-state index < -0.39 is 0 Å². The van der Waals surface area contributed by atoms with E-state index in [1.54, 1.807) is 0 Å². The van der Waals surface area contributed by atoms with Gasteiger partial charge >= 0.3 is 0 Å². The summed E-state index contributed by atoms with van der Waals surface area (Å²) in [6.07, 6.45) is 10.6. The first-order chi connectivity index (χ1) is 14.1. The molecule has 3 nitrogen and oxygen atoms in total. The van der Waals surface area contributed by atoms with Crippen molar-refractivity contribution in [1.82, 2.24) is 5.32 Å². The van der Waals surface area contributed by atoms with Crippen molar-refractivity contribution in [1.29, 1.82) is 0 Å². The number of rotatable bonds is 3. The normalized spacial score (nSPS) is 57.5. The van der Waals surface area contributed by atoms with Crippen LogP contribution in [0.1, 0.15) is 92.9 Å². The molecule has 0 aromatic carbocycles. The summed E-state index contributed by atoms with van der Waals surface area (Å²) in [4.78, 5) is 5.06. The van der Waals surface area contributed by atoms with Gasteiger partial charge in [0, 0.05) is 17.7 Å². The highest BCUT2D eigenvalue weighted by Gasteiger charge is 2.81. The number of hydrogen-bond donors (Lipinski definition) is 2. The van der Waals surface area contributed by atoms with Gasteiger partial charge in [-0.25, -0.2) is 0 Å². The molecule has 5 fully saturated rings. The van der Waals surface area contributed by atoms with Crippen LogP contribution in [0.3, 0.4) is 0 Å². The summed E-state index contributed by atoms with van der Waals surface area (Å²) < 4.78 is 0. The van der Waals surface area contributed by atoms with Crippen LogP contribution in [-0.4, -0.2) is 36.1 Å². The first kappa shape index (κ1) is 21.4. The molecule has 30 heavy (non-hydrogen) atoms. The minimum absolute atomic E-state index is 0.151. The molecule has 0 radical (unpaired) electrons. The molecule has 3 heteroatoms. The number of fused-ring (bicyclic) bond motifs is 2. The maximum absolute atomic E-state index is 11.3. The largest absolute Gasteiger partial charge is 0.393 e. The van der Waals surface area contributed by atoms with Crippen LogP contribution in [0, 0.1) is 45.3 Å². The van der Waals surface area contributed by atoms with Crippen LogP contribution in [0.4, 0.5) is 0 Å². The minimum Gasteiger partial charge on any atom is -0.393 e. The Kier molecular flexibility index (Phi) is 4.69. The second kappa shape index (κ2) is 6.56. The van der Waals surface area contributed by atoms with Gasteiger partial charge in [0.25, 0.3) is 0 Å². The van der Waals surface area contributed by atoms with Crippen molar-refractivity contribution < 1.29 is 5.11 Å². The number of nitrogens with zero attached hydrogens (tertiary/aromatic N) is 1. The zero-order valence-electron chi connectivity index (χ0n) is 20.6. The van der Waals surface area contributed by atoms with Gasteiger partial charge in [0.15, 0.2) is 0 Å². The van der Waals surface area contributed by atoms with Crippen LogP contribution in [0.2, 0.25) is 0 Å². The van der Waals surface area contributed by atoms with Crippen LogP contribution in [-0.2, 0) is 0 Å². The number of aliphatic hydroxyl groups is 1. The summed E-state index contributed by atoms with van der Waals surface area (Å²) in [5, 5.41) is 14.8. The van der Waals surface area contributed by atoms with Gasteiger partial charge in [0.2, 0.25) is 0 Å². The fourth-order valence-electron chi connectivity index (χ4n) is 10.7. The quantitative estimate of drug-likeness (QED) is 0.602. The molecule has 5 aliphatic rings. The topological polar surface area (TPSA) is 44.6 Å². The zero-order chi connectivity index (χ0) is 21.7. The summed E-state index contributed by atoms with van der Waals surface area (Å²) in [5.74, 6) is 2.81. The van der Waals surface area contributed by atoms with Crippen molar-refractivity contribution in [2.24, 2.45) is 50.3 Å². The van der Waals surface area contributed by atoms with E-state index in [4.69, 9.17) is 4.99 Å². The molecule has 0 heterocycles. The molecule has 5 rings (SSSR count). The van der Waals surface area contributed by atoms with Crippen molar-refractivity contribution in [2.45, 2.75) is 111 Å². The Hall–Kier alpha value is -0.410. The standard InChI is InChI=1S/C27H46N2O/c1-16(2)29-20-10-11-26-15-27(26)13-12-24(5)23(18(4)28-7)21(30)14-25(24,6)22(27)9-8-19(26)17(20)3/h17-23,28,30H,8-15H2,1-7H3. The fourth-order valence-corrected chi connectivity index (χ4v) is 10.7.